The Labute approximate surface area is 104 Å². The van der Waals surface area contributed by atoms with Gasteiger partial charge in [-0.05, 0) is 12.1 Å². The first-order chi connectivity index (χ1) is 8.40. The Morgan fingerprint density at radius 3 is 2.39 bits per heavy atom. The summed E-state index contributed by atoms with van der Waals surface area (Å²) < 4.78 is 13.2. The Balaban J connectivity index is 2.89. The molecule has 0 aliphatic heterocycles. The molecule has 0 aliphatic carbocycles. The zero-order valence-corrected chi connectivity index (χ0v) is 9.40. The lowest BCUT2D eigenvalue weighted by Crippen LogP contribution is -2.06. The van der Waals surface area contributed by atoms with Crippen LogP contribution in [0, 0.1) is 5.82 Å². The van der Waals surface area contributed by atoms with Crippen molar-refractivity contribution < 1.29 is 24.2 Å². The van der Waals surface area contributed by atoms with Crippen molar-refractivity contribution in [2.75, 3.05) is 0 Å². The first-order valence-corrected chi connectivity index (χ1v) is 5.04. The highest BCUT2D eigenvalue weighted by molar-refractivity contribution is 6.31. The number of rotatable bonds is 2. The topological polar surface area (TPSA) is 87.5 Å². The summed E-state index contributed by atoms with van der Waals surface area (Å²) in [5.41, 5.74) is -0.838. The minimum Gasteiger partial charge on any atom is -0.478 e. The molecule has 1 aromatic heterocycles. The minimum atomic E-state index is -1.39. The molecule has 5 nitrogen and oxygen atoms in total. The number of aromatic carboxylic acids is 2. The van der Waals surface area contributed by atoms with E-state index in [9.17, 15) is 14.0 Å². The average molecular weight is 270 g/mol. The van der Waals surface area contributed by atoms with Crippen LogP contribution in [-0.4, -0.2) is 27.1 Å². The van der Waals surface area contributed by atoms with Crippen LogP contribution in [0.25, 0.3) is 10.9 Å². The number of hydrogen-bond donors (Lipinski definition) is 2. The fourth-order valence-electron chi connectivity index (χ4n) is 1.51. The molecule has 0 saturated carbocycles. The quantitative estimate of drug-likeness (QED) is 0.874. The van der Waals surface area contributed by atoms with Crippen molar-refractivity contribution in [1.82, 2.24) is 4.98 Å². The number of nitrogens with zero attached hydrogens (tertiary/aromatic N) is 1. The molecule has 0 atom stereocenters. The molecule has 1 heterocycles. The molecule has 0 aliphatic rings. The third kappa shape index (κ3) is 1.98. The van der Waals surface area contributed by atoms with E-state index in [1.165, 1.54) is 0 Å². The Morgan fingerprint density at radius 2 is 1.83 bits per heavy atom. The monoisotopic (exact) mass is 269 g/mol. The van der Waals surface area contributed by atoms with Crippen LogP contribution in [0.4, 0.5) is 4.39 Å². The van der Waals surface area contributed by atoms with E-state index < -0.39 is 23.4 Å². The molecule has 0 bridgehead atoms. The van der Waals surface area contributed by atoms with Gasteiger partial charge in [-0.15, -0.1) is 0 Å². The summed E-state index contributed by atoms with van der Waals surface area (Å²) in [7, 11) is 0. The van der Waals surface area contributed by atoms with E-state index in [1.807, 2.05) is 0 Å². The maximum absolute atomic E-state index is 13.2. The van der Waals surface area contributed by atoms with Crippen molar-refractivity contribution in [3.05, 3.63) is 40.3 Å². The van der Waals surface area contributed by atoms with E-state index in [4.69, 9.17) is 21.8 Å². The minimum absolute atomic E-state index is 0.0748. The van der Waals surface area contributed by atoms with E-state index in [2.05, 4.69) is 4.98 Å². The molecule has 18 heavy (non-hydrogen) atoms. The number of carboxylic acid groups (broad SMARTS) is 2. The van der Waals surface area contributed by atoms with Gasteiger partial charge in [-0.2, -0.15) is 0 Å². The smallest absolute Gasteiger partial charge is 0.354 e. The van der Waals surface area contributed by atoms with Gasteiger partial charge in [0, 0.05) is 11.5 Å². The molecule has 0 fully saturated rings. The van der Waals surface area contributed by atoms with Gasteiger partial charge >= 0.3 is 11.9 Å². The van der Waals surface area contributed by atoms with Crippen molar-refractivity contribution in [3.8, 4) is 0 Å². The zero-order valence-electron chi connectivity index (χ0n) is 8.65. The Bertz CT molecular complexity index is 686. The second-order valence-corrected chi connectivity index (χ2v) is 3.86. The van der Waals surface area contributed by atoms with Gasteiger partial charge in [0.2, 0.25) is 0 Å². The molecule has 7 heteroatoms. The standard InChI is InChI=1S/C11H5ClFNO4/c12-6-1-4-5(10(15)16)2-9(11(17)18)14-8(4)3-7(6)13/h1-3H,(H,15,16)(H,17,18). The van der Waals surface area contributed by atoms with Gasteiger partial charge in [0.05, 0.1) is 16.1 Å². The van der Waals surface area contributed by atoms with E-state index in [0.717, 1.165) is 18.2 Å². The first kappa shape index (κ1) is 12.3. The van der Waals surface area contributed by atoms with E-state index in [0.29, 0.717) is 0 Å². The second kappa shape index (κ2) is 4.23. The van der Waals surface area contributed by atoms with Gasteiger partial charge in [-0.3, -0.25) is 0 Å². The predicted molar refractivity (Wildman–Crippen MR) is 60.6 cm³/mol. The number of aromatic nitrogens is 1. The van der Waals surface area contributed by atoms with Gasteiger partial charge in [0.1, 0.15) is 11.5 Å². The van der Waals surface area contributed by atoms with Crippen molar-refractivity contribution in [2.45, 2.75) is 0 Å². The number of carboxylic acids is 2. The van der Waals surface area contributed by atoms with Crippen LogP contribution in [0.1, 0.15) is 20.8 Å². The first-order valence-electron chi connectivity index (χ1n) is 4.66. The van der Waals surface area contributed by atoms with Crippen LogP contribution in [0.2, 0.25) is 5.02 Å². The van der Waals surface area contributed by atoms with Crippen LogP contribution in [0.3, 0.4) is 0 Å². The Kier molecular flexibility index (Phi) is 2.88. The lowest BCUT2D eigenvalue weighted by Gasteiger charge is -2.05. The van der Waals surface area contributed by atoms with Gasteiger partial charge in [0.25, 0.3) is 0 Å². The van der Waals surface area contributed by atoms with Gasteiger partial charge in [0.15, 0.2) is 0 Å². The van der Waals surface area contributed by atoms with Gasteiger partial charge < -0.3 is 10.2 Å². The summed E-state index contributed by atoms with van der Waals surface area (Å²) in [6.45, 7) is 0. The van der Waals surface area contributed by atoms with E-state index >= 15 is 0 Å². The third-order valence-corrected chi connectivity index (χ3v) is 2.59. The number of pyridine rings is 1. The number of hydrogen-bond acceptors (Lipinski definition) is 3. The highest BCUT2D eigenvalue weighted by Crippen LogP contribution is 2.25. The largest absolute Gasteiger partial charge is 0.478 e. The van der Waals surface area contributed by atoms with Gasteiger partial charge in [-0.25, -0.2) is 19.0 Å². The maximum atomic E-state index is 13.2. The summed E-state index contributed by atoms with van der Waals surface area (Å²) in [4.78, 5) is 25.5. The fourth-order valence-corrected chi connectivity index (χ4v) is 1.67. The Morgan fingerprint density at radius 1 is 1.17 bits per heavy atom. The van der Waals surface area contributed by atoms with E-state index in [-0.39, 0.29) is 21.5 Å². The summed E-state index contributed by atoms with van der Waals surface area (Å²) in [5.74, 6) is -3.53. The molecule has 1 aromatic carbocycles. The summed E-state index contributed by atoms with van der Waals surface area (Å²) >= 11 is 5.55. The van der Waals surface area contributed by atoms with Crippen LogP contribution in [0.5, 0.6) is 0 Å². The molecule has 2 rings (SSSR count). The molecule has 0 unspecified atom stereocenters. The van der Waals surface area contributed by atoms with E-state index in [1.54, 1.807) is 0 Å². The van der Waals surface area contributed by atoms with Crippen LogP contribution in [-0.2, 0) is 0 Å². The predicted octanol–water partition coefficient (Wildman–Crippen LogP) is 2.42. The lowest BCUT2D eigenvalue weighted by atomic mass is 10.1. The van der Waals surface area contributed by atoms with Crippen LogP contribution >= 0.6 is 11.6 Å². The summed E-state index contributed by atoms with van der Waals surface area (Å²) in [6, 6.07) is 2.91. The lowest BCUT2D eigenvalue weighted by molar-refractivity contribution is 0.0691. The molecule has 0 radical (unpaired) electrons. The second-order valence-electron chi connectivity index (χ2n) is 3.45. The number of fused-ring (bicyclic) bond motifs is 1. The summed E-state index contributed by atoms with van der Waals surface area (Å²) in [6.07, 6.45) is 0. The molecule has 0 amide bonds. The number of benzene rings is 1. The maximum Gasteiger partial charge on any atom is 0.354 e. The highest BCUT2D eigenvalue weighted by atomic mass is 35.5. The molecule has 2 N–H and O–H groups in total. The third-order valence-electron chi connectivity index (χ3n) is 2.30. The average Bonchev–Trinajstić information content (AvgIpc) is 2.29. The zero-order chi connectivity index (χ0) is 13.4. The fraction of sp³-hybridized carbons (Fsp3) is 0. The molecule has 0 spiro atoms. The molecule has 92 valence electrons. The number of carbonyl (C=O) groups is 2. The van der Waals surface area contributed by atoms with Crippen molar-refractivity contribution in [3.63, 3.8) is 0 Å². The highest BCUT2D eigenvalue weighted by Gasteiger charge is 2.17. The number of halogens is 2. The van der Waals surface area contributed by atoms with Crippen LogP contribution < -0.4 is 0 Å². The normalized spacial score (nSPS) is 10.6. The molecule has 2 aromatic rings. The molecular weight excluding hydrogens is 265 g/mol. The Hall–Kier alpha value is -2.21. The van der Waals surface area contributed by atoms with Crippen molar-refractivity contribution in [1.29, 1.82) is 0 Å². The molecule has 0 saturated heterocycles. The summed E-state index contributed by atoms with van der Waals surface area (Å²) in [5, 5.41) is 17.6. The van der Waals surface area contributed by atoms with Crippen molar-refractivity contribution in [2.24, 2.45) is 0 Å². The van der Waals surface area contributed by atoms with Crippen molar-refractivity contribution >= 4 is 34.4 Å². The van der Waals surface area contributed by atoms with Crippen LogP contribution in [0.15, 0.2) is 18.2 Å². The van der Waals surface area contributed by atoms with Gasteiger partial charge in [-0.1, -0.05) is 11.6 Å². The SMILES string of the molecule is O=C(O)c1cc(C(=O)O)c2cc(Cl)c(F)cc2n1. The molecular formula is C11H5ClFNO4.